The van der Waals surface area contributed by atoms with E-state index >= 15 is 0 Å². The fourth-order valence-electron chi connectivity index (χ4n) is 4.91. The fourth-order valence-corrected chi connectivity index (χ4v) is 4.91. The fraction of sp³-hybridized carbons (Fsp3) is 0.435. The molecular weight excluding hydrogens is 365 g/mol. The van der Waals surface area contributed by atoms with Crippen LogP contribution in [0.1, 0.15) is 67.6 Å². The molecule has 5 rings (SSSR count). The van der Waals surface area contributed by atoms with E-state index in [1.807, 2.05) is 16.8 Å². The number of para-hydroxylation sites is 1. The van der Waals surface area contributed by atoms with Crippen molar-refractivity contribution in [3.63, 3.8) is 0 Å². The number of nitrogens with zero attached hydrogens (tertiary/aromatic N) is 5. The number of hydrogen-bond acceptors (Lipinski definition) is 4. The maximum Gasteiger partial charge on any atom is 0.178 e. The maximum atomic E-state index is 13.7. The van der Waals surface area contributed by atoms with E-state index in [0.29, 0.717) is 6.04 Å². The van der Waals surface area contributed by atoms with Gasteiger partial charge in [-0.05, 0) is 65.4 Å². The summed E-state index contributed by atoms with van der Waals surface area (Å²) in [6.45, 7) is 0.927. The quantitative estimate of drug-likeness (QED) is 0.637. The predicted octanol–water partition coefficient (Wildman–Crippen LogP) is 4.86. The first kappa shape index (κ1) is 18.3. The number of halogens is 1. The molecule has 0 spiro atoms. The van der Waals surface area contributed by atoms with Crippen molar-refractivity contribution in [1.29, 1.82) is 0 Å². The van der Waals surface area contributed by atoms with Crippen molar-refractivity contribution in [2.75, 3.05) is 11.4 Å². The van der Waals surface area contributed by atoms with Gasteiger partial charge >= 0.3 is 0 Å². The van der Waals surface area contributed by atoms with Crippen LogP contribution in [0.15, 0.2) is 48.5 Å². The summed E-state index contributed by atoms with van der Waals surface area (Å²) < 4.78 is 15.7. The Hall–Kier alpha value is -2.76. The van der Waals surface area contributed by atoms with Crippen molar-refractivity contribution in [2.24, 2.45) is 0 Å². The topological polar surface area (TPSA) is 46.8 Å². The molecule has 2 aliphatic rings. The molecule has 1 aromatic heterocycles. The lowest BCUT2D eigenvalue weighted by molar-refractivity contribution is 0.313. The summed E-state index contributed by atoms with van der Waals surface area (Å²) in [6, 6.07) is 15.6. The Morgan fingerprint density at radius 2 is 1.72 bits per heavy atom. The van der Waals surface area contributed by atoms with E-state index in [2.05, 4.69) is 44.7 Å². The first-order valence-electron chi connectivity index (χ1n) is 10.7. The molecule has 0 saturated heterocycles. The van der Waals surface area contributed by atoms with Crippen LogP contribution in [-0.4, -0.2) is 26.8 Å². The van der Waals surface area contributed by atoms with Gasteiger partial charge in [0.15, 0.2) is 5.82 Å². The van der Waals surface area contributed by atoms with Gasteiger partial charge in [-0.25, -0.2) is 9.07 Å². The van der Waals surface area contributed by atoms with Crippen molar-refractivity contribution in [1.82, 2.24) is 20.2 Å². The number of benzene rings is 2. The van der Waals surface area contributed by atoms with E-state index in [4.69, 9.17) is 0 Å². The standard InChI is InChI=1S/C23H26FN5/c24-19-14-12-18(13-15-19)22(28-16-6-8-17-7-4-5-11-21(17)28)23-25-26-27-29(23)20-9-2-1-3-10-20/h4-5,7,11-15,20,22H,1-3,6,8-10,16H2. The normalized spacial score (nSPS) is 18.4. The Morgan fingerprint density at radius 3 is 2.55 bits per heavy atom. The molecule has 1 unspecified atom stereocenters. The molecule has 1 aliphatic carbocycles. The molecular formula is C23H26FN5. The second-order valence-electron chi connectivity index (χ2n) is 8.15. The third-order valence-corrected chi connectivity index (χ3v) is 6.33. The molecule has 5 nitrogen and oxygen atoms in total. The Morgan fingerprint density at radius 1 is 0.931 bits per heavy atom. The van der Waals surface area contributed by atoms with Crippen LogP contribution < -0.4 is 4.90 Å². The van der Waals surface area contributed by atoms with Gasteiger partial charge < -0.3 is 4.90 Å². The number of fused-ring (bicyclic) bond motifs is 1. The molecule has 6 heteroatoms. The lowest BCUT2D eigenvalue weighted by Crippen LogP contribution is -2.36. The minimum atomic E-state index is -0.224. The van der Waals surface area contributed by atoms with Crippen molar-refractivity contribution >= 4 is 5.69 Å². The Labute approximate surface area is 170 Å². The van der Waals surface area contributed by atoms with Crippen LogP contribution >= 0.6 is 0 Å². The molecule has 150 valence electrons. The van der Waals surface area contributed by atoms with E-state index in [-0.39, 0.29) is 11.9 Å². The Balaban J connectivity index is 1.61. The summed E-state index contributed by atoms with van der Waals surface area (Å²) in [5, 5.41) is 13.0. The lowest BCUT2D eigenvalue weighted by atomic mass is 9.94. The molecule has 29 heavy (non-hydrogen) atoms. The van der Waals surface area contributed by atoms with Crippen LogP contribution in [0.3, 0.4) is 0 Å². The van der Waals surface area contributed by atoms with Gasteiger partial charge in [-0.2, -0.15) is 0 Å². The number of anilines is 1. The SMILES string of the molecule is Fc1ccc(C(c2nnnn2C2CCCCC2)N2CCCc3ccccc32)cc1. The highest BCUT2D eigenvalue weighted by molar-refractivity contribution is 5.58. The van der Waals surface area contributed by atoms with Crippen LogP contribution in [0.2, 0.25) is 0 Å². The highest BCUT2D eigenvalue weighted by Crippen LogP contribution is 2.38. The predicted molar refractivity (Wildman–Crippen MR) is 110 cm³/mol. The molecule has 1 aliphatic heterocycles. The van der Waals surface area contributed by atoms with Gasteiger partial charge in [0.2, 0.25) is 0 Å². The first-order chi connectivity index (χ1) is 14.3. The van der Waals surface area contributed by atoms with Gasteiger partial charge in [0.25, 0.3) is 0 Å². The third-order valence-electron chi connectivity index (χ3n) is 6.33. The van der Waals surface area contributed by atoms with E-state index in [9.17, 15) is 4.39 Å². The van der Waals surface area contributed by atoms with Gasteiger partial charge in [-0.1, -0.05) is 49.6 Å². The number of tetrazole rings is 1. The molecule has 2 heterocycles. The molecule has 1 fully saturated rings. The van der Waals surface area contributed by atoms with Crippen molar-refractivity contribution < 1.29 is 4.39 Å². The second kappa shape index (κ2) is 7.93. The van der Waals surface area contributed by atoms with Gasteiger partial charge in [-0.15, -0.1) is 5.10 Å². The van der Waals surface area contributed by atoms with Gasteiger partial charge in [0.1, 0.15) is 11.9 Å². The van der Waals surface area contributed by atoms with Gasteiger partial charge in [-0.3, -0.25) is 0 Å². The molecule has 0 radical (unpaired) electrons. The molecule has 0 bridgehead atoms. The molecule has 0 amide bonds. The number of aromatic nitrogens is 4. The number of hydrogen-bond donors (Lipinski definition) is 0. The first-order valence-corrected chi connectivity index (χ1v) is 10.7. The largest absolute Gasteiger partial charge is 0.357 e. The van der Waals surface area contributed by atoms with Crippen LogP contribution in [0.25, 0.3) is 0 Å². The van der Waals surface area contributed by atoms with Crippen LogP contribution in [0.4, 0.5) is 10.1 Å². The molecule has 1 saturated carbocycles. The molecule has 0 N–H and O–H groups in total. The molecule has 2 aromatic carbocycles. The smallest absolute Gasteiger partial charge is 0.178 e. The zero-order chi connectivity index (χ0) is 19.6. The zero-order valence-electron chi connectivity index (χ0n) is 16.5. The molecule has 1 atom stereocenters. The van der Waals surface area contributed by atoms with Crippen molar-refractivity contribution in [2.45, 2.75) is 57.0 Å². The number of rotatable bonds is 4. The number of aryl methyl sites for hydroxylation is 1. The van der Waals surface area contributed by atoms with Gasteiger partial charge in [0, 0.05) is 12.2 Å². The summed E-state index contributed by atoms with van der Waals surface area (Å²) >= 11 is 0. The Bertz CT molecular complexity index is 961. The van der Waals surface area contributed by atoms with Crippen molar-refractivity contribution in [3.05, 3.63) is 71.3 Å². The zero-order valence-corrected chi connectivity index (χ0v) is 16.5. The van der Waals surface area contributed by atoms with E-state index in [1.165, 1.54) is 42.6 Å². The molecule has 3 aromatic rings. The second-order valence-corrected chi connectivity index (χ2v) is 8.15. The average Bonchev–Trinajstić information content (AvgIpc) is 3.25. The highest BCUT2D eigenvalue weighted by atomic mass is 19.1. The summed E-state index contributed by atoms with van der Waals surface area (Å²) in [5.74, 6) is 0.638. The van der Waals surface area contributed by atoms with E-state index in [1.54, 1.807) is 0 Å². The monoisotopic (exact) mass is 391 g/mol. The summed E-state index contributed by atoms with van der Waals surface area (Å²) in [4.78, 5) is 2.40. The Kier molecular flexibility index (Phi) is 5.00. The van der Waals surface area contributed by atoms with E-state index < -0.39 is 0 Å². The van der Waals surface area contributed by atoms with Crippen LogP contribution in [-0.2, 0) is 6.42 Å². The maximum absolute atomic E-state index is 13.7. The van der Waals surface area contributed by atoms with Crippen molar-refractivity contribution in [3.8, 4) is 0 Å². The third kappa shape index (κ3) is 3.52. The minimum Gasteiger partial charge on any atom is -0.357 e. The summed E-state index contributed by atoms with van der Waals surface area (Å²) in [6.07, 6.45) is 8.12. The summed E-state index contributed by atoms with van der Waals surface area (Å²) in [5.41, 5.74) is 3.60. The summed E-state index contributed by atoms with van der Waals surface area (Å²) in [7, 11) is 0. The van der Waals surface area contributed by atoms with Gasteiger partial charge in [0.05, 0.1) is 6.04 Å². The minimum absolute atomic E-state index is 0.131. The van der Waals surface area contributed by atoms with Crippen LogP contribution in [0.5, 0.6) is 0 Å². The van der Waals surface area contributed by atoms with E-state index in [0.717, 1.165) is 43.6 Å². The lowest BCUT2D eigenvalue weighted by Gasteiger charge is -2.38. The average molecular weight is 391 g/mol. The highest BCUT2D eigenvalue weighted by Gasteiger charge is 2.33. The van der Waals surface area contributed by atoms with Crippen LogP contribution in [0, 0.1) is 5.82 Å².